The Morgan fingerprint density at radius 3 is 3.14 bits per heavy atom. The van der Waals surface area contributed by atoms with Gasteiger partial charge in [-0.3, -0.25) is 0 Å². The fraction of sp³-hybridized carbons (Fsp3) is 0.600. The summed E-state index contributed by atoms with van der Waals surface area (Å²) >= 11 is 0. The van der Waals surface area contributed by atoms with Crippen molar-refractivity contribution in [2.75, 3.05) is 6.54 Å². The van der Waals surface area contributed by atoms with Crippen molar-refractivity contribution in [3.8, 4) is 0 Å². The number of hydrogen-bond acceptors (Lipinski definition) is 4. The van der Waals surface area contributed by atoms with Gasteiger partial charge in [-0.25, -0.2) is 0 Å². The molecule has 1 fully saturated rings. The summed E-state index contributed by atoms with van der Waals surface area (Å²) in [5.74, 6) is 1.43. The van der Waals surface area contributed by atoms with E-state index in [1.165, 1.54) is 6.42 Å². The minimum atomic E-state index is 0.289. The molecule has 1 N–H and O–H groups in total. The van der Waals surface area contributed by atoms with Crippen molar-refractivity contribution in [3.05, 3.63) is 17.8 Å². The standard InChI is InChI=1S/C10H15N3O/c1-3-7(2)10-12-9(13-14-10)8-5-4-6-11-8/h3,8,11H,4-6H2,1-2H3/b7-3-. The topological polar surface area (TPSA) is 51.0 Å². The molecule has 2 heterocycles. The predicted octanol–water partition coefficient (Wildman–Crippen LogP) is 1.92. The lowest BCUT2D eigenvalue weighted by Gasteiger charge is -2.01. The molecule has 0 spiro atoms. The molecule has 0 radical (unpaired) electrons. The first-order valence-electron chi connectivity index (χ1n) is 5.01. The molecule has 14 heavy (non-hydrogen) atoms. The minimum absolute atomic E-state index is 0.289. The Morgan fingerprint density at radius 2 is 2.50 bits per heavy atom. The fourth-order valence-corrected chi connectivity index (χ4v) is 1.56. The van der Waals surface area contributed by atoms with Crippen molar-refractivity contribution in [2.24, 2.45) is 0 Å². The average molecular weight is 193 g/mol. The molecule has 1 aromatic heterocycles. The first-order valence-corrected chi connectivity index (χ1v) is 5.01. The summed E-state index contributed by atoms with van der Waals surface area (Å²) in [5.41, 5.74) is 1.03. The van der Waals surface area contributed by atoms with E-state index in [4.69, 9.17) is 4.52 Å². The molecule has 0 amide bonds. The van der Waals surface area contributed by atoms with Crippen LogP contribution >= 0.6 is 0 Å². The van der Waals surface area contributed by atoms with Crippen LogP contribution < -0.4 is 5.32 Å². The van der Waals surface area contributed by atoms with E-state index in [0.717, 1.165) is 24.4 Å². The van der Waals surface area contributed by atoms with E-state index >= 15 is 0 Å². The van der Waals surface area contributed by atoms with Gasteiger partial charge in [0.1, 0.15) is 0 Å². The van der Waals surface area contributed by atoms with Crippen molar-refractivity contribution in [1.82, 2.24) is 15.5 Å². The zero-order valence-electron chi connectivity index (χ0n) is 8.58. The monoisotopic (exact) mass is 193 g/mol. The van der Waals surface area contributed by atoms with E-state index in [-0.39, 0.29) is 6.04 Å². The van der Waals surface area contributed by atoms with Gasteiger partial charge in [0.05, 0.1) is 6.04 Å². The Bertz CT molecular complexity index is 337. The Hall–Kier alpha value is -1.16. The second kappa shape index (κ2) is 3.92. The number of rotatable bonds is 2. The van der Waals surface area contributed by atoms with Gasteiger partial charge in [0.25, 0.3) is 5.89 Å². The summed E-state index contributed by atoms with van der Waals surface area (Å²) in [5, 5.41) is 7.32. The number of nitrogens with one attached hydrogen (secondary N) is 1. The minimum Gasteiger partial charge on any atom is -0.334 e. The maximum atomic E-state index is 5.16. The highest BCUT2D eigenvalue weighted by Gasteiger charge is 2.21. The van der Waals surface area contributed by atoms with Crippen LogP contribution in [0, 0.1) is 0 Å². The van der Waals surface area contributed by atoms with Crippen molar-refractivity contribution < 1.29 is 4.52 Å². The van der Waals surface area contributed by atoms with Gasteiger partial charge in [-0.2, -0.15) is 4.98 Å². The molecule has 76 valence electrons. The van der Waals surface area contributed by atoms with Crippen LogP contribution in [-0.4, -0.2) is 16.7 Å². The molecule has 0 aliphatic carbocycles. The van der Waals surface area contributed by atoms with Crippen LogP contribution in [0.25, 0.3) is 5.57 Å². The number of aromatic nitrogens is 2. The number of nitrogens with zero attached hydrogens (tertiary/aromatic N) is 2. The van der Waals surface area contributed by atoms with Gasteiger partial charge < -0.3 is 9.84 Å². The number of hydrogen-bond donors (Lipinski definition) is 1. The predicted molar refractivity (Wildman–Crippen MR) is 53.6 cm³/mol. The normalized spacial score (nSPS) is 23.0. The van der Waals surface area contributed by atoms with Gasteiger partial charge in [0.15, 0.2) is 5.82 Å². The molecule has 1 saturated heterocycles. The summed E-state index contributed by atoms with van der Waals surface area (Å²) in [6.45, 7) is 4.99. The lowest BCUT2D eigenvalue weighted by Crippen LogP contribution is -2.14. The SMILES string of the molecule is C/C=C(/C)c1nc(C2CCCN2)no1. The molecular weight excluding hydrogens is 178 g/mol. The first kappa shape index (κ1) is 9.40. The molecule has 0 bridgehead atoms. The van der Waals surface area contributed by atoms with E-state index in [0.29, 0.717) is 5.89 Å². The van der Waals surface area contributed by atoms with Crippen molar-refractivity contribution in [1.29, 1.82) is 0 Å². The van der Waals surface area contributed by atoms with Crippen LogP contribution in [0.3, 0.4) is 0 Å². The lowest BCUT2D eigenvalue weighted by atomic mass is 10.2. The lowest BCUT2D eigenvalue weighted by molar-refractivity contribution is 0.392. The summed E-state index contributed by atoms with van der Waals surface area (Å²) in [4.78, 5) is 4.35. The Morgan fingerprint density at radius 1 is 1.64 bits per heavy atom. The van der Waals surface area contributed by atoms with Gasteiger partial charge in [0, 0.05) is 5.57 Å². The van der Waals surface area contributed by atoms with Crippen molar-refractivity contribution in [2.45, 2.75) is 32.7 Å². The molecule has 1 atom stereocenters. The van der Waals surface area contributed by atoms with Gasteiger partial charge in [-0.15, -0.1) is 0 Å². The second-order valence-corrected chi connectivity index (χ2v) is 3.58. The van der Waals surface area contributed by atoms with Crippen LogP contribution in [0.15, 0.2) is 10.6 Å². The van der Waals surface area contributed by atoms with Crippen LogP contribution in [0.2, 0.25) is 0 Å². The van der Waals surface area contributed by atoms with E-state index in [1.807, 2.05) is 19.9 Å². The van der Waals surface area contributed by atoms with Crippen LogP contribution in [0.5, 0.6) is 0 Å². The van der Waals surface area contributed by atoms with Crippen molar-refractivity contribution >= 4 is 5.57 Å². The van der Waals surface area contributed by atoms with E-state index in [9.17, 15) is 0 Å². The Balaban J connectivity index is 2.16. The summed E-state index contributed by atoms with van der Waals surface area (Å²) in [7, 11) is 0. The summed E-state index contributed by atoms with van der Waals surface area (Å²) in [6, 6.07) is 0.289. The quantitative estimate of drug-likeness (QED) is 0.779. The number of allylic oxidation sites excluding steroid dienone is 2. The summed E-state index contributed by atoms with van der Waals surface area (Å²) < 4.78 is 5.16. The molecule has 4 nitrogen and oxygen atoms in total. The molecule has 2 rings (SSSR count). The smallest absolute Gasteiger partial charge is 0.253 e. The van der Waals surface area contributed by atoms with Crippen LogP contribution in [0.1, 0.15) is 44.4 Å². The zero-order chi connectivity index (χ0) is 9.97. The largest absolute Gasteiger partial charge is 0.334 e. The van der Waals surface area contributed by atoms with E-state index < -0.39 is 0 Å². The molecule has 1 unspecified atom stereocenters. The zero-order valence-corrected chi connectivity index (χ0v) is 8.58. The third kappa shape index (κ3) is 1.70. The summed E-state index contributed by atoms with van der Waals surface area (Å²) in [6.07, 6.45) is 4.27. The van der Waals surface area contributed by atoms with Crippen molar-refractivity contribution in [3.63, 3.8) is 0 Å². The van der Waals surface area contributed by atoms with Gasteiger partial charge in [-0.05, 0) is 33.2 Å². The first-order chi connectivity index (χ1) is 6.81. The average Bonchev–Trinajstić information content (AvgIpc) is 2.86. The fourth-order valence-electron chi connectivity index (χ4n) is 1.56. The highest BCUT2D eigenvalue weighted by Crippen LogP contribution is 2.21. The van der Waals surface area contributed by atoms with E-state index in [1.54, 1.807) is 0 Å². The van der Waals surface area contributed by atoms with Gasteiger partial charge >= 0.3 is 0 Å². The third-order valence-corrected chi connectivity index (χ3v) is 2.58. The van der Waals surface area contributed by atoms with Crippen LogP contribution in [-0.2, 0) is 0 Å². The highest BCUT2D eigenvalue weighted by atomic mass is 16.5. The second-order valence-electron chi connectivity index (χ2n) is 3.58. The molecule has 1 aliphatic rings. The van der Waals surface area contributed by atoms with Crippen LogP contribution in [0.4, 0.5) is 0 Å². The Labute approximate surface area is 83.4 Å². The van der Waals surface area contributed by atoms with Gasteiger partial charge in [-0.1, -0.05) is 11.2 Å². The van der Waals surface area contributed by atoms with Gasteiger partial charge in [0.2, 0.25) is 0 Å². The molecule has 1 aromatic rings. The third-order valence-electron chi connectivity index (χ3n) is 2.58. The molecule has 0 aromatic carbocycles. The maximum absolute atomic E-state index is 5.16. The molecule has 0 saturated carbocycles. The molecular formula is C10H15N3O. The molecule has 1 aliphatic heterocycles. The molecule has 4 heteroatoms. The van der Waals surface area contributed by atoms with E-state index in [2.05, 4.69) is 15.5 Å². The Kier molecular flexibility index (Phi) is 2.63. The highest BCUT2D eigenvalue weighted by molar-refractivity contribution is 5.54. The maximum Gasteiger partial charge on any atom is 0.253 e.